The highest BCUT2D eigenvalue weighted by Crippen LogP contribution is 2.42. The van der Waals surface area contributed by atoms with Gasteiger partial charge in [0.25, 0.3) is 0 Å². The molecule has 1 aliphatic heterocycles. The van der Waals surface area contributed by atoms with E-state index in [0.29, 0.717) is 6.42 Å². The summed E-state index contributed by atoms with van der Waals surface area (Å²) in [5.41, 5.74) is 1.60. The van der Waals surface area contributed by atoms with E-state index in [1.165, 1.54) is 4.90 Å². The Bertz CT molecular complexity index is 1040. The van der Waals surface area contributed by atoms with Crippen molar-refractivity contribution in [2.45, 2.75) is 24.2 Å². The lowest BCUT2D eigenvalue weighted by atomic mass is 9.80. The monoisotopic (exact) mass is 463 g/mol. The number of nitrogens with zero attached hydrogens (tertiary/aromatic N) is 1. The van der Waals surface area contributed by atoms with Gasteiger partial charge in [-0.25, -0.2) is 4.79 Å². The number of carbonyl (C=O) groups is 1. The van der Waals surface area contributed by atoms with Gasteiger partial charge < -0.3 is 29.3 Å². The summed E-state index contributed by atoms with van der Waals surface area (Å²) in [6.07, 6.45) is -1.45. The summed E-state index contributed by atoms with van der Waals surface area (Å²) in [6, 6.07) is 24.7. The van der Waals surface area contributed by atoms with Crippen LogP contribution in [0, 0.1) is 0 Å². The molecule has 0 unspecified atom stereocenters. The zero-order chi connectivity index (χ0) is 24.1. The van der Waals surface area contributed by atoms with Gasteiger partial charge in [-0.15, -0.1) is 0 Å². The number of rotatable bonds is 8. The average molecular weight is 464 g/mol. The predicted molar refractivity (Wildman–Crippen MR) is 127 cm³/mol. The summed E-state index contributed by atoms with van der Waals surface area (Å²) in [5, 5.41) is 19.8. The van der Waals surface area contributed by atoms with Crippen LogP contribution < -0.4 is 9.47 Å². The lowest BCUT2D eigenvalue weighted by Gasteiger charge is -2.37. The molecule has 2 N–H and O–H groups in total. The van der Waals surface area contributed by atoms with Crippen molar-refractivity contribution in [2.75, 3.05) is 27.4 Å². The smallest absolute Gasteiger partial charge is 0.407 e. The predicted octanol–water partition coefficient (Wildman–Crippen LogP) is 4.13. The number of β-amino-alcohol motifs (C(OH)–C–C–N with tert-alkyl or cyclic N) is 1. The summed E-state index contributed by atoms with van der Waals surface area (Å²) in [4.78, 5) is 13.0. The molecule has 0 aromatic heterocycles. The second-order valence-corrected chi connectivity index (χ2v) is 8.29. The van der Waals surface area contributed by atoms with Gasteiger partial charge in [0.2, 0.25) is 0 Å². The number of benzene rings is 3. The van der Waals surface area contributed by atoms with Gasteiger partial charge in [-0.2, -0.15) is 0 Å². The Morgan fingerprint density at radius 1 is 0.882 bits per heavy atom. The molecule has 2 atom stereocenters. The van der Waals surface area contributed by atoms with Crippen LogP contribution >= 0.6 is 0 Å². The van der Waals surface area contributed by atoms with E-state index >= 15 is 0 Å². The third-order valence-electron chi connectivity index (χ3n) is 6.30. The highest BCUT2D eigenvalue weighted by Gasteiger charge is 2.41. The zero-order valence-corrected chi connectivity index (χ0v) is 19.3. The van der Waals surface area contributed by atoms with Crippen molar-refractivity contribution < 1.29 is 29.2 Å². The average Bonchev–Trinajstić information content (AvgIpc) is 3.26. The van der Waals surface area contributed by atoms with E-state index in [1.54, 1.807) is 14.2 Å². The molecule has 1 heterocycles. The van der Waals surface area contributed by atoms with Crippen molar-refractivity contribution in [3.8, 4) is 11.5 Å². The first-order valence-corrected chi connectivity index (χ1v) is 11.1. The molecule has 3 aromatic rings. The Hall–Kier alpha value is -3.55. The van der Waals surface area contributed by atoms with E-state index in [9.17, 15) is 15.0 Å². The molecule has 0 aliphatic carbocycles. The third-order valence-corrected chi connectivity index (χ3v) is 6.30. The van der Waals surface area contributed by atoms with Gasteiger partial charge in [0.15, 0.2) is 0 Å². The number of likely N-dealkylation sites (tertiary alicyclic amines) is 1. The molecule has 1 saturated heterocycles. The molecular weight excluding hydrogens is 434 g/mol. The Kier molecular flexibility index (Phi) is 7.05. The Labute approximate surface area is 199 Å². The second kappa shape index (κ2) is 10.2. The molecule has 0 saturated carbocycles. The largest absolute Gasteiger partial charge is 0.497 e. The van der Waals surface area contributed by atoms with Crippen molar-refractivity contribution in [1.82, 2.24) is 4.90 Å². The molecule has 0 radical (unpaired) electrons. The van der Waals surface area contributed by atoms with Gasteiger partial charge in [-0.05, 0) is 47.4 Å². The number of amides is 1. The second-order valence-electron chi connectivity index (χ2n) is 8.29. The lowest BCUT2D eigenvalue weighted by Crippen LogP contribution is -2.41. The van der Waals surface area contributed by atoms with Crippen LogP contribution in [0.4, 0.5) is 4.79 Å². The van der Waals surface area contributed by atoms with Crippen LogP contribution in [0.15, 0.2) is 78.9 Å². The molecule has 1 aliphatic rings. The van der Waals surface area contributed by atoms with Crippen LogP contribution in [0.1, 0.15) is 23.1 Å². The molecule has 4 rings (SSSR count). The number of aliphatic hydroxyl groups excluding tert-OH is 1. The lowest BCUT2D eigenvalue weighted by molar-refractivity contribution is -0.0135. The number of carboxylic acid groups (broad SMARTS) is 1. The van der Waals surface area contributed by atoms with Crippen molar-refractivity contribution >= 4 is 6.09 Å². The minimum Gasteiger partial charge on any atom is -0.497 e. The number of hydrogen-bond acceptors (Lipinski definition) is 5. The molecule has 34 heavy (non-hydrogen) atoms. The molecule has 3 aromatic carbocycles. The van der Waals surface area contributed by atoms with E-state index in [-0.39, 0.29) is 13.2 Å². The number of aliphatic hydroxyl groups is 1. The van der Waals surface area contributed by atoms with Crippen LogP contribution in [0.3, 0.4) is 0 Å². The maximum absolute atomic E-state index is 11.8. The molecule has 0 bridgehead atoms. The number of hydrogen-bond donors (Lipinski definition) is 2. The van der Waals surface area contributed by atoms with Crippen LogP contribution in [0.2, 0.25) is 0 Å². The quantitative estimate of drug-likeness (QED) is 0.489. The summed E-state index contributed by atoms with van der Waals surface area (Å²) in [7, 11) is 3.23. The minimum absolute atomic E-state index is 0.0762. The standard InChI is InChI=1S/C27H29NO6/c1-32-24-12-8-20(9-13-24)27(19-6-4-3-5-7-19,21-10-14-25(33-2)15-11-21)34-18-22-16-23(29)17-28(22)26(30)31/h3-15,22-23,29H,16-18H2,1-2H3,(H,30,31)/t22-,23+/m0/s1. The van der Waals surface area contributed by atoms with Crippen molar-refractivity contribution in [3.63, 3.8) is 0 Å². The molecule has 7 heteroatoms. The molecular formula is C27H29NO6. The van der Waals surface area contributed by atoms with Gasteiger partial charge in [0.05, 0.1) is 39.5 Å². The van der Waals surface area contributed by atoms with Gasteiger partial charge >= 0.3 is 6.09 Å². The first-order chi connectivity index (χ1) is 16.5. The van der Waals surface area contributed by atoms with E-state index in [1.807, 2.05) is 78.9 Å². The fourth-order valence-electron chi connectivity index (χ4n) is 4.58. The third kappa shape index (κ3) is 4.58. The van der Waals surface area contributed by atoms with Crippen LogP contribution in [0.25, 0.3) is 0 Å². The van der Waals surface area contributed by atoms with Crippen LogP contribution in [0.5, 0.6) is 11.5 Å². The molecule has 178 valence electrons. The SMILES string of the molecule is COc1ccc(C(OC[C@@H]2C[C@@H](O)CN2C(=O)O)(c2ccccc2)c2ccc(OC)cc2)cc1. The summed E-state index contributed by atoms with van der Waals surface area (Å²) in [6.45, 7) is 0.184. The van der Waals surface area contributed by atoms with E-state index in [2.05, 4.69) is 0 Å². The van der Waals surface area contributed by atoms with Crippen LogP contribution in [-0.2, 0) is 10.3 Å². The zero-order valence-electron chi connectivity index (χ0n) is 19.3. The molecule has 0 spiro atoms. The van der Waals surface area contributed by atoms with Crippen molar-refractivity contribution in [3.05, 3.63) is 95.6 Å². The summed E-state index contributed by atoms with van der Waals surface area (Å²) < 4.78 is 17.5. The Morgan fingerprint density at radius 2 is 1.38 bits per heavy atom. The topological polar surface area (TPSA) is 88.5 Å². The Morgan fingerprint density at radius 3 is 1.85 bits per heavy atom. The molecule has 1 fully saturated rings. The van der Waals surface area contributed by atoms with Gasteiger partial charge in [-0.1, -0.05) is 54.6 Å². The number of ether oxygens (including phenoxy) is 3. The molecule has 7 nitrogen and oxygen atoms in total. The van der Waals surface area contributed by atoms with Gasteiger partial charge in [0.1, 0.15) is 17.1 Å². The van der Waals surface area contributed by atoms with E-state index in [4.69, 9.17) is 14.2 Å². The normalized spacial score (nSPS) is 18.0. The van der Waals surface area contributed by atoms with Crippen molar-refractivity contribution in [2.24, 2.45) is 0 Å². The maximum atomic E-state index is 11.8. The summed E-state index contributed by atoms with van der Waals surface area (Å²) >= 11 is 0. The van der Waals surface area contributed by atoms with E-state index < -0.39 is 23.8 Å². The molecule has 1 amide bonds. The van der Waals surface area contributed by atoms with E-state index in [0.717, 1.165) is 28.2 Å². The summed E-state index contributed by atoms with van der Waals surface area (Å²) in [5.74, 6) is 1.44. The highest BCUT2D eigenvalue weighted by atomic mass is 16.5. The minimum atomic E-state index is -1.07. The fraction of sp³-hybridized carbons (Fsp3) is 0.296. The van der Waals surface area contributed by atoms with Crippen molar-refractivity contribution in [1.29, 1.82) is 0 Å². The van der Waals surface area contributed by atoms with Gasteiger partial charge in [0, 0.05) is 0 Å². The number of methoxy groups -OCH3 is 2. The highest BCUT2D eigenvalue weighted by molar-refractivity contribution is 5.66. The first kappa shape index (κ1) is 23.6. The Balaban J connectivity index is 1.84. The first-order valence-electron chi connectivity index (χ1n) is 11.1. The maximum Gasteiger partial charge on any atom is 0.407 e. The van der Waals surface area contributed by atoms with Gasteiger partial charge in [-0.3, -0.25) is 0 Å². The fourth-order valence-corrected chi connectivity index (χ4v) is 4.58. The van der Waals surface area contributed by atoms with Crippen LogP contribution in [-0.4, -0.2) is 60.7 Å².